The first-order valence-electron chi connectivity index (χ1n) is 7.34. The van der Waals surface area contributed by atoms with Crippen molar-refractivity contribution in [3.8, 4) is 0 Å². The molecule has 0 heterocycles. The molecule has 16 heavy (non-hydrogen) atoms. The van der Waals surface area contributed by atoms with E-state index in [0.717, 1.165) is 12.8 Å². The summed E-state index contributed by atoms with van der Waals surface area (Å²) >= 11 is 0. The molecule has 0 fully saturated rings. The minimum atomic E-state index is -0.416. The molecule has 0 saturated heterocycles. The van der Waals surface area contributed by atoms with Crippen molar-refractivity contribution in [3.05, 3.63) is 0 Å². The van der Waals surface area contributed by atoms with Gasteiger partial charge in [0.1, 0.15) is 0 Å². The largest absolute Gasteiger partial charge is 0.390 e. The van der Waals surface area contributed by atoms with Crippen LogP contribution in [0, 0.1) is 0 Å². The highest BCUT2D eigenvalue weighted by molar-refractivity contribution is 4.69. The number of hydrogen-bond acceptors (Lipinski definition) is 1. The third-order valence-corrected chi connectivity index (χ3v) is 3.58. The van der Waals surface area contributed by atoms with Crippen molar-refractivity contribution in [2.45, 2.75) is 97.0 Å². The Hall–Kier alpha value is -0.0400. The molecule has 1 nitrogen and oxygen atoms in total. The van der Waals surface area contributed by atoms with Gasteiger partial charge in [0.2, 0.25) is 0 Å². The van der Waals surface area contributed by atoms with Crippen LogP contribution in [0.2, 0.25) is 0 Å². The predicted molar refractivity (Wildman–Crippen MR) is 72.8 cm³/mol. The number of unbranched alkanes of at least 4 members (excludes halogenated alkanes) is 8. The Morgan fingerprint density at radius 1 is 0.750 bits per heavy atom. The van der Waals surface area contributed by atoms with Crippen molar-refractivity contribution >= 4 is 0 Å². The Bertz CT molecular complexity index is 140. The van der Waals surface area contributed by atoms with E-state index in [-0.39, 0.29) is 0 Å². The van der Waals surface area contributed by atoms with Gasteiger partial charge in [-0.15, -0.1) is 0 Å². The topological polar surface area (TPSA) is 20.2 Å². The lowest BCUT2D eigenvalue weighted by molar-refractivity contribution is 0.0442. The summed E-state index contributed by atoms with van der Waals surface area (Å²) in [5.74, 6) is 0. The molecule has 0 unspecified atom stereocenters. The second-order valence-corrected chi connectivity index (χ2v) is 5.43. The average molecular weight is 228 g/mol. The fourth-order valence-electron chi connectivity index (χ4n) is 1.99. The van der Waals surface area contributed by atoms with Gasteiger partial charge in [0.05, 0.1) is 5.60 Å². The molecule has 0 aromatic heterocycles. The number of rotatable bonds is 11. The van der Waals surface area contributed by atoms with Crippen molar-refractivity contribution in [1.29, 1.82) is 0 Å². The van der Waals surface area contributed by atoms with E-state index in [1.807, 2.05) is 6.92 Å². The van der Waals surface area contributed by atoms with E-state index >= 15 is 0 Å². The molecule has 0 rings (SSSR count). The molecule has 0 spiro atoms. The lowest BCUT2D eigenvalue weighted by atomic mass is 9.95. The van der Waals surface area contributed by atoms with Gasteiger partial charge in [-0.05, 0) is 19.8 Å². The zero-order valence-corrected chi connectivity index (χ0v) is 11.7. The van der Waals surface area contributed by atoms with E-state index in [0.29, 0.717) is 0 Å². The molecule has 0 bridgehead atoms. The zero-order chi connectivity index (χ0) is 12.3. The summed E-state index contributed by atoms with van der Waals surface area (Å²) in [6.07, 6.45) is 14.1. The highest BCUT2D eigenvalue weighted by atomic mass is 16.3. The molecule has 0 aliphatic rings. The Labute approximate surface area is 103 Å². The molecular formula is C15H32O. The standard InChI is InChI=1S/C15H32O/c1-4-6-7-8-9-10-11-12-13-14-15(3,16)5-2/h16H,4-14H2,1-3H3/t15-/m0/s1. The van der Waals surface area contributed by atoms with Crippen LogP contribution in [0.5, 0.6) is 0 Å². The fraction of sp³-hybridized carbons (Fsp3) is 1.00. The molecule has 0 radical (unpaired) electrons. The van der Waals surface area contributed by atoms with Crippen molar-refractivity contribution < 1.29 is 5.11 Å². The summed E-state index contributed by atoms with van der Waals surface area (Å²) in [6, 6.07) is 0. The first-order chi connectivity index (χ1) is 7.62. The normalized spacial score (nSPS) is 15.0. The summed E-state index contributed by atoms with van der Waals surface area (Å²) in [7, 11) is 0. The van der Waals surface area contributed by atoms with E-state index in [2.05, 4.69) is 13.8 Å². The molecule has 98 valence electrons. The summed E-state index contributed by atoms with van der Waals surface area (Å²) in [5.41, 5.74) is -0.416. The molecule has 0 amide bonds. The molecule has 1 N–H and O–H groups in total. The Morgan fingerprint density at radius 2 is 1.19 bits per heavy atom. The van der Waals surface area contributed by atoms with Crippen molar-refractivity contribution in [1.82, 2.24) is 0 Å². The second-order valence-electron chi connectivity index (χ2n) is 5.43. The van der Waals surface area contributed by atoms with Crippen LogP contribution in [0.25, 0.3) is 0 Å². The highest BCUT2D eigenvalue weighted by Crippen LogP contribution is 2.18. The third kappa shape index (κ3) is 10.5. The van der Waals surface area contributed by atoms with Crippen LogP contribution in [-0.4, -0.2) is 10.7 Å². The van der Waals surface area contributed by atoms with Crippen LogP contribution < -0.4 is 0 Å². The van der Waals surface area contributed by atoms with Gasteiger partial charge in [0.15, 0.2) is 0 Å². The maximum Gasteiger partial charge on any atom is 0.0617 e. The van der Waals surface area contributed by atoms with Crippen LogP contribution in [0.4, 0.5) is 0 Å². The summed E-state index contributed by atoms with van der Waals surface area (Å²) < 4.78 is 0. The molecule has 1 atom stereocenters. The van der Waals surface area contributed by atoms with E-state index < -0.39 is 5.60 Å². The van der Waals surface area contributed by atoms with Gasteiger partial charge in [0.25, 0.3) is 0 Å². The van der Waals surface area contributed by atoms with Crippen molar-refractivity contribution in [2.75, 3.05) is 0 Å². The minimum Gasteiger partial charge on any atom is -0.390 e. The van der Waals surface area contributed by atoms with Crippen LogP contribution in [0.1, 0.15) is 91.4 Å². The maximum atomic E-state index is 9.82. The molecule has 0 aliphatic carbocycles. The lowest BCUT2D eigenvalue weighted by Gasteiger charge is -2.20. The van der Waals surface area contributed by atoms with Crippen LogP contribution in [-0.2, 0) is 0 Å². The monoisotopic (exact) mass is 228 g/mol. The molecule has 1 heteroatoms. The van der Waals surface area contributed by atoms with Gasteiger partial charge in [0, 0.05) is 0 Å². The predicted octanol–water partition coefficient (Wildman–Crippen LogP) is 5.07. The van der Waals surface area contributed by atoms with E-state index in [1.165, 1.54) is 57.8 Å². The first kappa shape index (κ1) is 16.0. The summed E-state index contributed by atoms with van der Waals surface area (Å²) in [6.45, 7) is 6.28. The van der Waals surface area contributed by atoms with Crippen LogP contribution >= 0.6 is 0 Å². The Morgan fingerprint density at radius 3 is 1.62 bits per heavy atom. The SMILES string of the molecule is CCCCCCCCCCC[C@@](C)(O)CC. The molecule has 0 aliphatic heterocycles. The van der Waals surface area contributed by atoms with Crippen LogP contribution in [0.15, 0.2) is 0 Å². The lowest BCUT2D eigenvalue weighted by Crippen LogP contribution is -2.22. The van der Waals surface area contributed by atoms with Crippen LogP contribution in [0.3, 0.4) is 0 Å². The van der Waals surface area contributed by atoms with Crippen molar-refractivity contribution in [2.24, 2.45) is 0 Å². The van der Waals surface area contributed by atoms with Gasteiger partial charge in [-0.25, -0.2) is 0 Å². The summed E-state index contributed by atoms with van der Waals surface area (Å²) in [4.78, 5) is 0. The highest BCUT2D eigenvalue weighted by Gasteiger charge is 2.15. The van der Waals surface area contributed by atoms with Crippen molar-refractivity contribution in [3.63, 3.8) is 0 Å². The fourth-order valence-corrected chi connectivity index (χ4v) is 1.99. The third-order valence-electron chi connectivity index (χ3n) is 3.58. The van der Waals surface area contributed by atoms with Gasteiger partial charge < -0.3 is 5.11 Å². The zero-order valence-electron chi connectivity index (χ0n) is 11.7. The average Bonchev–Trinajstić information content (AvgIpc) is 2.27. The van der Waals surface area contributed by atoms with Gasteiger partial charge >= 0.3 is 0 Å². The van der Waals surface area contributed by atoms with Gasteiger partial charge in [-0.3, -0.25) is 0 Å². The molecule has 0 saturated carbocycles. The summed E-state index contributed by atoms with van der Waals surface area (Å²) in [5, 5.41) is 9.82. The van der Waals surface area contributed by atoms with E-state index in [4.69, 9.17) is 0 Å². The second kappa shape index (κ2) is 10.1. The Kier molecular flexibility index (Phi) is 10.1. The number of hydrogen-bond donors (Lipinski definition) is 1. The minimum absolute atomic E-state index is 0.416. The smallest absolute Gasteiger partial charge is 0.0617 e. The Balaban J connectivity index is 3.10. The molecule has 0 aromatic carbocycles. The first-order valence-corrected chi connectivity index (χ1v) is 7.34. The van der Waals surface area contributed by atoms with Gasteiger partial charge in [-0.2, -0.15) is 0 Å². The van der Waals surface area contributed by atoms with Gasteiger partial charge in [-0.1, -0.05) is 71.6 Å². The number of aliphatic hydroxyl groups is 1. The maximum absolute atomic E-state index is 9.82. The molecular weight excluding hydrogens is 196 g/mol. The molecule has 0 aromatic rings. The van der Waals surface area contributed by atoms with E-state index in [1.54, 1.807) is 0 Å². The quantitative estimate of drug-likeness (QED) is 0.490. The van der Waals surface area contributed by atoms with E-state index in [9.17, 15) is 5.11 Å².